The summed E-state index contributed by atoms with van der Waals surface area (Å²) in [6.07, 6.45) is 0.316. The zero-order valence-electron chi connectivity index (χ0n) is 24.9. The van der Waals surface area contributed by atoms with Gasteiger partial charge in [-0.2, -0.15) is 0 Å². The van der Waals surface area contributed by atoms with E-state index in [0.29, 0.717) is 23.7 Å². The largest absolute Gasteiger partial charge is 0.497 e. The van der Waals surface area contributed by atoms with Crippen LogP contribution < -0.4 is 23.8 Å². The molecule has 0 radical (unpaired) electrons. The van der Waals surface area contributed by atoms with E-state index in [1.54, 1.807) is 55.6 Å². The van der Waals surface area contributed by atoms with Gasteiger partial charge in [0.25, 0.3) is 10.0 Å². The van der Waals surface area contributed by atoms with E-state index in [1.807, 2.05) is 26.8 Å². The van der Waals surface area contributed by atoms with Crippen molar-refractivity contribution in [2.75, 3.05) is 32.2 Å². The van der Waals surface area contributed by atoms with Gasteiger partial charge in [0.1, 0.15) is 18.3 Å². The molecule has 0 aliphatic carbocycles. The number of sulfonamides is 1. The molecular weight excluding hydrogens is 558 g/mol. The molecule has 0 aliphatic rings. The molecule has 10 nitrogen and oxygen atoms in total. The van der Waals surface area contributed by atoms with Gasteiger partial charge in [-0.15, -0.1) is 0 Å². The highest BCUT2D eigenvalue weighted by atomic mass is 32.2. The van der Waals surface area contributed by atoms with Crippen LogP contribution in [0.2, 0.25) is 0 Å². The lowest BCUT2D eigenvalue weighted by Gasteiger charge is -2.33. The van der Waals surface area contributed by atoms with Gasteiger partial charge in [-0.3, -0.25) is 13.9 Å². The van der Waals surface area contributed by atoms with Crippen molar-refractivity contribution in [3.8, 4) is 17.2 Å². The standard InChI is InChI=1S/C31H39N3O7S/c1-7-27(31(36)32-22(2)3)33(20-23-12-11-13-25(18-23)39-4)30(35)21-34(42(37,38)26-14-9-8-10-15-26)24-16-17-28(40-5)29(19-24)41-6/h8-19,22,27H,7,20-21H2,1-6H3,(H,32,36)/t27-/m1/s1. The van der Waals surface area contributed by atoms with Crippen LogP contribution in [0.25, 0.3) is 0 Å². The number of amides is 2. The van der Waals surface area contributed by atoms with Gasteiger partial charge < -0.3 is 24.4 Å². The van der Waals surface area contributed by atoms with E-state index in [-0.39, 0.29) is 29.1 Å². The minimum Gasteiger partial charge on any atom is -0.497 e. The Balaban J connectivity index is 2.11. The Hall–Kier alpha value is -4.25. The van der Waals surface area contributed by atoms with Crippen LogP contribution in [0.4, 0.5) is 5.69 Å². The molecule has 0 aromatic heterocycles. The fourth-order valence-corrected chi connectivity index (χ4v) is 5.92. The Labute approximate surface area is 248 Å². The van der Waals surface area contributed by atoms with E-state index >= 15 is 0 Å². The van der Waals surface area contributed by atoms with Crippen molar-refractivity contribution in [2.24, 2.45) is 0 Å². The van der Waals surface area contributed by atoms with Crippen LogP contribution in [0.1, 0.15) is 32.8 Å². The second kappa shape index (κ2) is 14.6. The van der Waals surface area contributed by atoms with Crippen molar-refractivity contribution in [3.63, 3.8) is 0 Å². The fraction of sp³-hybridized carbons (Fsp3) is 0.355. The maximum absolute atomic E-state index is 14.2. The Kier molecular flexibility index (Phi) is 11.2. The number of nitrogens with one attached hydrogen (secondary N) is 1. The molecule has 11 heteroatoms. The smallest absolute Gasteiger partial charge is 0.264 e. The van der Waals surface area contributed by atoms with Crippen LogP contribution >= 0.6 is 0 Å². The summed E-state index contributed by atoms with van der Waals surface area (Å²) in [6, 6.07) is 18.7. The Morgan fingerprint density at radius 3 is 2.14 bits per heavy atom. The minimum atomic E-state index is -4.21. The van der Waals surface area contributed by atoms with Gasteiger partial charge in [0, 0.05) is 18.7 Å². The van der Waals surface area contributed by atoms with Crippen LogP contribution in [0, 0.1) is 0 Å². The number of carbonyl (C=O) groups is 2. The van der Waals surface area contributed by atoms with Crippen LogP contribution in [0.15, 0.2) is 77.7 Å². The average molecular weight is 598 g/mol. The molecular formula is C31H39N3O7S. The predicted octanol–water partition coefficient (Wildman–Crippen LogP) is 4.24. The van der Waals surface area contributed by atoms with Crippen LogP contribution in [-0.2, 0) is 26.2 Å². The van der Waals surface area contributed by atoms with E-state index in [9.17, 15) is 18.0 Å². The van der Waals surface area contributed by atoms with Crippen LogP contribution in [-0.4, -0.2) is 65.1 Å². The van der Waals surface area contributed by atoms with Crippen molar-refractivity contribution >= 4 is 27.5 Å². The van der Waals surface area contributed by atoms with Crippen molar-refractivity contribution in [2.45, 2.75) is 50.7 Å². The molecule has 0 heterocycles. The molecule has 3 aromatic rings. The number of hydrogen-bond donors (Lipinski definition) is 1. The highest BCUT2D eigenvalue weighted by molar-refractivity contribution is 7.92. The molecule has 3 aromatic carbocycles. The first-order chi connectivity index (χ1) is 20.0. The maximum Gasteiger partial charge on any atom is 0.264 e. The average Bonchev–Trinajstić information content (AvgIpc) is 2.99. The quantitative estimate of drug-likeness (QED) is 0.296. The molecule has 226 valence electrons. The topological polar surface area (TPSA) is 114 Å². The molecule has 0 unspecified atom stereocenters. The first-order valence-electron chi connectivity index (χ1n) is 13.6. The second-order valence-electron chi connectivity index (χ2n) is 9.82. The first-order valence-corrected chi connectivity index (χ1v) is 15.0. The van der Waals surface area contributed by atoms with E-state index < -0.39 is 28.5 Å². The summed E-state index contributed by atoms with van der Waals surface area (Å²) in [5.41, 5.74) is 0.924. The van der Waals surface area contributed by atoms with E-state index in [4.69, 9.17) is 14.2 Å². The zero-order chi connectivity index (χ0) is 30.9. The van der Waals surface area contributed by atoms with Crippen molar-refractivity contribution in [1.82, 2.24) is 10.2 Å². The van der Waals surface area contributed by atoms with Crippen molar-refractivity contribution in [3.05, 3.63) is 78.4 Å². The SMILES string of the molecule is CC[C@H](C(=O)NC(C)C)N(Cc1cccc(OC)c1)C(=O)CN(c1ccc(OC)c(OC)c1)S(=O)(=O)c1ccccc1. The summed E-state index contributed by atoms with van der Waals surface area (Å²) in [6.45, 7) is 4.98. The monoisotopic (exact) mass is 597 g/mol. The highest BCUT2D eigenvalue weighted by Crippen LogP contribution is 2.34. The zero-order valence-corrected chi connectivity index (χ0v) is 25.7. The lowest BCUT2D eigenvalue weighted by atomic mass is 10.1. The lowest BCUT2D eigenvalue weighted by Crippen LogP contribution is -2.53. The summed E-state index contributed by atoms with van der Waals surface area (Å²) in [4.78, 5) is 28.9. The Morgan fingerprint density at radius 2 is 1.55 bits per heavy atom. The van der Waals surface area contributed by atoms with Gasteiger partial charge >= 0.3 is 0 Å². The van der Waals surface area contributed by atoms with E-state index in [1.165, 1.54) is 37.3 Å². The number of rotatable bonds is 14. The third-order valence-electron chi connectivity index (χ3n) is 6.57. The highest BCUT2D eigenvalue weighted by Gasteiger charge is 2.34. The molecule has 0 spiro atoms. The summed E-state index contributed by atoms with van der Waals surface area (Å²) >= 11 is 0. The number of ether oxygens (including phenoxy) is 3. The molecule has 42 heavy (non-hydrogen) atoms. The number of hydrogen-bond acceptors (Lipinski definition) is 7. The molecule has 0 aliphatic heterocycles. The third-order valence-corrected chi connectivity index (χ3v) is 8.36. The molecule has 2 amide bonds. The van der Waals surface area contributed by atoms with Gasteiger partial charge in [0.2, 0.25) is 11.8 Å². The molecule has 1 atom stereocenters. The van der Waals surface area contributed by atoms with Gasteiger partial charge in [0.15, 0.2) is 11.5 Å². The predicted molar refractivity (Wildman–Crippen MR) is 161 cm³/mol. The minimum absolute atomic E-state index is 0.0107. The number of anilines is 1. The van der Waals surface area contributed by atoms with Crippen LogP contribution in [0.3, 0.4) is 0 Å². The maximum atomic E-state index is 14.2. The summed E-state index contributed by atoms with van der Waals surface area (Å²) < 4.78 is 45.1. The van der Waals surface area contributed by atoms with Gasteiger partial charge in [0.05, 0.1) is 31.9 Å². The molecule has 1 N–H and O–H groups in total. The second-order valence-corrected chi connectivity index (χ2v) is 11.7. The third kappa shape index (κ3) is 7.73. The molecule has 0 fully saturated rings. The summed E-state index contributed by atoms with van der Waals surface area (Å²) in [5.74, 6) is 0.413. The van der Waals surface area contributed by atoms with Gasteiger partial charge in [-0.1, -0.05) is 37.3 Å². The van der Waals surface area contributed by atoms with E-state index in [0.717, 1.165) is 9.87 Å². The fourth-order valence-electron chi connectivity index (χ4n) is 4.50. The lowest BCUT2D eigenvalue weighted by molar-refractivity contribution is -0.140. The molecule has 0 bridgehead atoms. The van der Waals surface area contributed by atoms with Crippen molar-refractivity contribution < 1.29 is 32.2 Å². The van der Waals surface area contributed by atoms with Crippen molar-refractivity contribution in [1.29, 1.82) is 0 Å². The summed E-state index contributed by atoms with van der Waals surface area (Å²) in [7, 11) is 0.248. The summed E-state index contributed by atoms with van der Waals surface area (Å²) in [5, 5.41) is 2.89. The normalized spacial score (nSPS) is 11.9. The van der Waals surface area contributed by atoms with E-state index in [2.05, 4.69) is 5.32 Å². The number of benzene rings is 3. The molecule has 0 saturated carbocycles. The molecule has 0 saturated heterocycles. The van der Waals surface area contributed by atoms with Gasteiger partial charge in [-0.05, 0) is 62.2 Å². The number of nitrogens with zero attached hydrogens (tertiary/aromatic N) is 2. The molecule has 3 rings (SSSR count). The number of methoxy groups -OCH3 is 3. The van der Waals surface area contributed by atoms with Crippen LogP contribution in [0.5, 0.6) is 17.2 Å². The first kappa shape index (κ1) is 32.3. The van der Waals surface area contributed by atoms with Gasteiger partial charge in [-0.25, -0.2) is 8.42 Å². The number of carbonyl (C=O) groups excluding carboxylic acids is 2. The Bertz CT molecular complexity index is 1460. The Morgan fingerprint density at radius 1 is 0.857 bits per heavy atom.